The molecule has 0 saturated carbocycles. The number of aromatic amines is 1. The zero-order valence-electron chi connectivity index (χ0n) is 10.9. The Kier molecular flexibility index (Phi) is 3.95. The number of rotatable bonds is 3. The van der Waals surface area contributed by atoms with Crippen molar-refractivity contribution in [3.05, 3.63) is 26.4 Å². The summed E-state index contributed by atoms with van der Waals surface area (Å²) in [6.45, 7) is -0.513. The quantitative estimate of drug-likeness (QED) is 0.473. The van der Waals surface area contributed by atoms with Crippen LogP contribution in [0.25, 0.3) is 0 Å². The van der Waals surface area contributed by atoms with E-state index in [1.807, 2.05) is 0 Å². The minimum atomic E-state index is -1.42. The van der Waals surface area contributed by atoms with Gasteiger partial charge in [0.15, 0.2) is 0 Å². The van der Waals surface area contributed by atoms with E-state index in [2.05, 4.69) is 4.98 Å². The molecule has 9 nitrogen and oxygen atoms in total. The molecule has 112 valence electrons. The monoisotopic (exact) mass is 288 g/mol. The molecule has 4 atom stereocenters. The average molecular weight is 288 g/mol. The minimum absolute atomic E-state index is 0.0754. The molecule has 2 heterocycles. The Morgan fingerprint density at radius 3 is 2.50 bits per heavy atom. The van der Waals surface area contributed by atoms with Crippen LogP contribution in [-0.2, 0) is 11.8 Å². The molecular weight excluding hydrogens is 272 g/mol. The topological polar surface area (TPSA) is 134 Å². The number of ether oxygens (including phenoxy) is 2. The van der Waals surface area contributed by atoms with Gasteiger partial charge in [-0.3, -0.25) is 14.3 Å². The Bertz CT molecular complexity index is 608. The third kappa shape index (κ3) is 2.14. The van der Waals surface area contributed by atoms with Crippen LogP contribution in [0.4, 0.5) is 0 Å². The Labute approximate surface area is 113 Å². The van der Waals surface area contributed by atoms with E-state index in [0.29, 0.717) is 0 Å². The maximum atomic E-state index is 11.9. The third-order valence-electron chi connectivity index (χ3n) is 3.32. The summed E-state index contributed by atoms with van der Waals surface area (Å²) in [5.74, 6) is -0.0754. The summed E-state index contributed by atoms with van der Waals surface area (Å²) in [5, 5.41) is 28.7. The molecule has 0 aliphatic carbocycles. The number of aromatic nitrogens is 2. The van der Waals surface area contributed by atoms with E-state index in [-0.39, 0.29) is 11.4 Å². The fourth-order valence-electron chi connectivity index (χ4n) is 2.25. The van der Waals surface area contributed by atoms with Crippen molar-refractivity contribution in [2.24, 2.45) is 7.05 Å². The van der Waals surface area contributed by atoms with Gasteiger partial charge in [-0.1, -0.05) is 0 Å². The molecule has 20 heavy (non-hydrogen) atoms. The molecule has 0 bridgehead atoms. The predicted octanol–water partition coefficient (Wildman–Crippen LogP) is -2.76. The maximum Gasteiger partial charge on any atom is 0.330 e. The van der Waals surface area contributed by atoms with Gasteiger partial charge in [0, 0.05) is 7.05 Å². The molecule has 1 aromatic rings. The van der Waals surface area contributed by atoms with E-state index >= 15 is 0 Å². The highest BCUT2D eigenvalue weighted by molar-refractivity contribution is 5.29. The zero-order chi connectivity index (χ0) is 15.0. The fourth-order valence-corrected chi connectivity index (χ4v) is 2.25. The van der Waals surface area contributed by atoms with Crippen LogP contribution in [-0.4, -0.2) is 56.9 Å². The third-order valence-corrected chi connectivity index (χ3v) is 3.32. The van der Waals surface area contributed by atoms with Crippen molar-refractivity contribution >= 4 is 0 Å². The Morgan fingerprint density at radius 1 is 1.35 bits per heavy atom. The van der Waals surface area contributed by atoms with Crippen molar-refractivity contribution < 1.29 is 24.8 Å². The van der Waals surface area contributed by atoms with Crippen LogP contribution < -0.4 is 16.0 Å². The normalized spacial score (nSPS) is 29.6. The number of aliphatic hydroxyl groups excluding tert-OH is 3. The highest BCUT2D eigenvalue weighted by atomic mass is 16.6. The lowest BCUT2D eigenvalue weighted by atomic mass is 10.0. The number of nitrogens with one attached hydrogen (secondary N) is 1. The van der Waals surface area contributed by atoms with Gasteiger partial charge in [-0.2, -0.15) is 0 Å². The molecule has 1 aromatic heterocycles. The molecule has 1 aliphatic heterocycles. The molecule has 0 spiro atoms. The smallest absolute Gasteiger partial charge is 0.330 e. The SMILES string of the molecule is COc1c([C@@H]2O[C@H](CO)[C@@H](O)[C@H]2O)c(=O)[nH]c(=O)n1C. The average Bonchev–Trinajstić information content (AvgIpc) is 2.70. The first kappa shape index (κ1) is 14.7. The van der Waals surface area contributed by atoms with Crippen LogP contribution in [0.2, 0.25) is 0 Å². The molecule has 0 amide bonds. The van der Waals surface area contributed by atoms with Crippen molar-refractivity contribution in [3.8, 4) is 5.88 Å². The Balaban J connectivity index is 2.57. The van der Waals surface area contributed by atoms with Gasteiger partial charge in [0.2, 0.25) is 5.88 Å². The number of hydrogen-bond donors (Lipinski definition) is 4. The second kappa shape index (κ2) is 5.37. The van der Waals surface area contributed by atoms with Gasteiger partial charge in [0.05, 0.1) is 13.7 Å². The van der Waals surface area contributed by atoms with Crippen molar-refractivity contribution in [2.45, 2.75) is 24.4 Å². The first-order valence-electron chi connectivity index (χ1n) is 5.92. The predicted molar refractivity (Wildman–Crippen MR) is 65.6 cm³/mol. The number of nitrogens with zero attached hydrogens (tertiary/aromatic N) is 1. The molecule has 9 heteroatoms. The fraction of sp³-hybridized carbons (Fsp3) is 0.636. The van der Waals surface area contributed by atoms with Gasteiger partial charge in [-0.05, 0) is 0 Å². The van der Waals surface area contributed by atoms with Crippen LogP contribution in [0.1, 0.15) is 11.7 Å². The lowest BCUT2D eigenvalue weighted by Gasteiger charge is -2.18. The van der Waals surface area contributed by atoms with E-state index < -0.39 is 42.3 Å². The van der Waals surface area contributed by atoms with Gasteiger partial charge < -0.3 is 24.8 Å². The molecule has 0 aromatic carbocycles. The molecule has 0 unspecified atom stereocenters. The van der Waals surface area contributed by atoms with Gasteiger partial charge in [-0.25, -0.2) is 4.79 Å². The van der Waals surface area contributed by atoms with Crippen molar-refractivity contribution in [2.75, 3.05) is 13.7 Å². The molecule has 4 N–H and O–H groups in total. The second-order valence-corrected chi connectivity index (χ2v) is 4.50. The molecule has 1 saturated heterocycles. The van der Waals surface area contributed by atoms with E-state index in [9.17, 15) is 19.8 Å². The Morgan fingerprint density at radius 2 is 2.00 bits per heavy atom. The van der Waals surface area contributed by atoms with Gasteiger partial charge in [0.1, 0.15) is 30.0 Å². The summed E-state index contributed by atoms with van der Waals surface area (Å²) < 4.78 is 11.3. The van der Waals surface area contributed by atoms with Gasteiger partial charge in [0.25, 0.3) is 5.56 Å². The number of hydrogen-bond acceptors (Lipinski definition) is 7. The zero-order valence-corrected chi connectivity index (χ0v) is 10.9. The van der Waals surface area contributed by atoms with Crippen molar-refractivity contribution in [1.82, 2.24) is 9.55 Å². The van der Waals surface area contributed by atoms with Crippen LogP contribution in [0.3, 0.4) is 0 Å². The molecular formula is C11H16N2O7. The number of aliphatic hydroxyl groups is 3. The van der Waals surface area contributed by atoms with E-state index in [0.717, 1.165) is 4.57 Å². The Hall–Kier alpha value is -1.68. The summed E-state index contributed by atoms with van der Waals surface area (Å²) in [6, 6.07) is 0. The molecule has 1 aliphatic rings. The number of H-pyrrole nitrogens is 1. The first-order chi connectivity index (χ1) is 9.42. The van der Waals surface area contributed by atoms with Crippen molar-refractivity contribution in [1.29, 1.82) is 0 Å². The summed E-state index contributed by atoms with van der Waals surface area (Å²) >= 11 is 0. The minimum Gasteiger partial charge on any atom is -0.482 e. The summed E-state index contributed by atoms with van der Waals surface area (Å²) in [4.78, 5) is 25.5. The standard InChI is InChI=1S/C11H16N2O7/c1-13-10(19-2)5(9(17)12-11(13)18)8-7(16)6(15)4(3-14)20-8/h4,6-8,14-16H,3H2,1-2H3,(H,12,17,18)/t4-,6-,7-,8+/m1/s1. The van der Waals surface area contributed by atoms with Crippen LogP contribution in [0.15, 0.2) is 9.59 Å². The van der Waals surface area contributed by atoms with Crippen LogP contribution in [0.5, 0.6) is 5.88 Å². The molecule has 2 rings (SSSR count). The molecule has 1 fully saturated rings. The highest BCUT2D eigenvalue weighted by Gasteiger charge is 2.45. The lowest BCUT2D eigenvalue weighted by Crippen LogP contribution is -2.36. The van der Waals surface area contributed by atoms with Crippen LogP contribution in [0, 0.1) is 0 Å². The largest absolute Gasteiger partial charge is 0.482 e. The summed E-state index contributed by atoms with van der Waals surface area (Å²) in [7, 11) is 2.64. The van der Waals surface area contributed by atoms with Gasteiger partial charge >= 0.3 is 5.69 Å². The summed E-state index contributed by atoms with van der Waals surface area (Å²) in [5.41, 5.74) is -1.57. The van der Waals surface area contributed by atoms with E-state index in [1.165, 1.54) is 14.2 Å². The first-order valence-corrected chi connectivity index (χ1v) is 5.92. The maximum absolute atomic E-state index is 11.9. The number of methoxy groups -OCH3 is 1. The van der Waals surface area contributed by atoms with E-state index in [1.54, 1.807) is 0 Å². The highest BCUT2D eigenvalue weighted by Crippen LogP contribution is 2.35. The van der Waals surface area contributed by atoms with Gasteiger partial charge in [-0.15, -0.1) is 0 Å². The van der Waals surface area contributed by atoms with E-state index in [4.69, 9.17) is 14.6 Å². The van der Waals surface area contributed by atoms with Crippen molar-refractivity contribution in [3.63, 3.8) is 0 Å². The second-order valence-electron chi connectivity index (χ2n) is 4.50. The molecule has 0 radical (unpaired) electrons. The van der Waals surface area contributed by atoms with Crippen LogP contribution >= 0.6 is 0 Å². The lowest BCUT2D eigenvalue weighted by molar-refractivity contribution is -0.0240. The summed E-state index contributed by atoms with van der Waals surface area (Å²) in [6.07, 6.45) is -4.98.